The fourth-order valence-corrected chi connectivity index (χ4v) is 4.58. The van der Waals surface area contributed by atoms with E-state index >= 15 is 0 Å². The number of ether oxygens (including phenoxy) is 1. The van der Waals surface area contributed by atoms with Gasteiger partial charge in [0.2, 0.25) is 5.91 Å². The van der Waals surface area contributed by atoms with Crippen LogP contribution in [0.15, 0.2) is 34.2 Å². The molecule has 0 saturated heterocycles. The number of benzene rings is 1. The highest BCUT2D eigenvalue weighted by atomic mass is 32.2. The van der Waals surface area contributed by atoms with E-state index in [1.54, 1.807) is 0 Å². The average Bonchev–Trinajstić information content (AvgIpc) is 2.72. The predicted octanol–water partition coefficient (Wildman–Crippen LogP) is 3.93. The van der Waals surface area contributed by atoms with Crippen molar-refractivity contribution in [3.05, 3.63) is 34.6 Å². The summed E-state index contributed by atoms with van der Waals surface area (Å²) >= 11 is 1.36. The largest absolute Gasteiger partial charge is 0.379 e. The second kappa shape index (κ2) is 10.8. The zero-order chi connectivity index (χ0) is 20.6. The molecule has 2 aromatic rings. The third kappa shape index (κ3) is 6.06. The number of hydrogen-bond donors (Lipinski definition) is 1. The van der Waals surface area contributed by atoms with Crippen LogP contribution in [0.1, 0.15) is 58.4 Å². The van der Waals surface area contributed by atoms with Crippen molar-refractivity contribution in [3.8, 4) is 0 Å². The molecule has 29 heavy (non-hydrogen) atoms. The number of carbonyl (C=O) groups is 1. The minimum atomic E-state index is -0.0443. The molecule has 1 aromatic carbocycles. The van der Waals surface area contributed by atoms with Crippen molar-refractivity contribution < 1.29 is 9.53 Å². The number of para-hydroxylation sites is 1. The van der Waals surface area contributed by atoms with Crippen LogP contribution in [-0.4, -0.2) is 40.5 Å². The SMILES string of the molecule is CC(C)OCCCNC(=O)CSc1nc2ccccc2c(=O)n1C1CCCCC1. The van der Waals surface area contributed by atoms with Crippen molar-refractivity contribution in [1.29, 1.82) is 0 Å². The van der Waals surface area contributed by atoms with E-state index in [0.29, 0.717) is 29.2 Å². The monoisotopic (exact) mass is 417 g/mol. The Balaban J connectivity index is 1.69. The highest BCUT2D eigenvalue weighted by molar-refractivity contribution is 7.99. The van der Waals surface area contributed by atoms with Crippen molar-refractivity contribution in [2.24, 2.45) is 0 Å². The quantitative estimate of drug-likeness (QED) is 0.380. The number of hydrogen-bond acceptors (Lipinski definition) is 5. The van der Waals surface area contributed by atoms with Crippen molar-refractivity contribution in [3.63, 3.8) is 0 Å². The molecular formula is C22H31N3O3S. The van der Waals surface area contributed by atoms with Crippen LogP contribution in [0.3, 0.4) is 0 Å². The molecule has 1 aliphatic rings. The summed E-state index contributed by atoms with van der Waals surface area (Å²) in [5.74, 6) is 0.208. The standard InChI is InChI=1S/C22H31N3O3S/c1-16(2)28-14-8-13-23-20(26)15-29-22-24-19-12-7-6-11-18(19)21(27)25(22)17-9-4-3-5-10-17/h6-7,11-12,16-17H,3-5,8-10,13-15H2,1-2H3,(H,23,26). The zero-order valence-corrected chi connectivity index (χ0v) is 18.2. The third-order valence-electron chi connectivity index (χ3n) is 5.14. The van der Waals surface area contributed by atoms with E-state index in [0.717, 1.165) is 32.1 Å². The van der Waals surface area contributed by atoms with Crippen LogP contribution in [0.25, 0.3) is 10.9 Å². The summed E-state index contributed by atoms with van der Waals surface area (Å²) in [6, 6.07) is 7.64. The Bertz CT molecular complexity index is 875. The Morgan fingerprint density at radius 3 is 2.79 bits per heavy atom. The Kier molecular flexibility index (Phi) is 8.12. The van der Waals surface area contributed by atoms with E-state index in [1.165, 1.54) is 18.2 Å². The summed E-state index contributed by atoms with van der Waals surface area (Å²) in [5, 5.41) is 4.22. The molecule has 0 atom stereocenters. The maximum Gasteiger partial charge on any atom is 0.262 e. The summed E-state index contributed by atoms with van der Waals surface area (Å²) in [6.45, 7) is 5.22. The molecule has 1 aliphatic carbocycles. The molecule has 1 fully saturated rings. The van der Waals surface area contributed by atoms with Crippen LogP contribution in [-0.2, 0) is 9.53 Å². The van der Waals surface area contributed by atoms with Gasteiger partial charge in [-0.05, 0) is 45.2 Å². The first-order chi connectivity index (χ1) is 14.1. The third-order valence-corrected chi connectivity index (χ3v) is 6.09. The number of fused-ring (bicyclic) bond motifs is 1. The zero-order valence-electron chi connectivity index (χ0n) is 17.4. The summed E-state index contributed by atoms with van der Waals surface area (Å²) in [5.41, 5.74) is 0.703. The first-order valence-corrected chi connectivity index (χ1v) is 11.6. The Hall–Kier alpha value is -1.86. The normalized spacial score (nSPS) is 15.1. The molecule has 0 spiro atoms. The van der Waals surface area contributed by atoms with E-state index in [4.69, 9.17) is 9.72 Å². The van der Waals surface area contributed by atoms with Gasteiger partial charge in [0.15, 0.2) is 5.16 Å². The number of thioether (sulfide) groups is 1. The Morgan fingerprint density at radius 2 is 2.03 bits per heavy atom. The molecule has 7 heteroatoms. The molecule has 158 valence electrons. The van der Waals surface area contributed by atoms with Gasteiger partial charge in [0, 0.05) is 19.2 Å². The lowest BCUT2D eigenvalue weighted by molar-refractivity contribution is -0.118. The molecule has 0 unspecified atom stereocenters. The maximum atomic E-state index is 13.2. The number of aromatic nitrogens is 2. The van der Waals surface area contributed by atoms with Crippen LogP contribution >= 0.6 is 11.8 Å². The van der Waals surface area contributed by atoms with E-state index in [1.807, 2.05) is 42.7 Å². The van der Waals surface area contributed by atoms with Gasteiger partial charge in [-0.2, -0.15) is 0 Å². The molecule has 0 aliphatic heterocycles. The van der Waals surface area contributed by atoms with Crippen LogP contribution in [0.4, 0.5) is 0 Å². The van der Waals surface area contributed by atoms with Crippen LogP contribution in [0.2, 0.25) is 0 Å². The molecule has 0 bridgehead atoms. The smallest absolute Gasteiger partial charge is 0.262 e. The summed E-state index contributed by atoms with van der Waals surface area (Å²) in [4.78, 5) is 30.2. The van der Waals surface area contributed by atoms with Gasteiger partial charge >= 0.3 is 0 Å². The fraction of sp³-hybridized carbons (Fsp3) is 0.591. The van der Waals surface area contributed by atoms with E-state index in [2.05, 4.69) is 5.32 Å². The molecule has 3 rings (SSSR count). The van der Waals surface area contributed by atoms with Crippen LogP contribution in [0, 0.1) is 0 Å². The highest BCUT2D eigenvalue weighted by Crippen LogP contribution is 2.30. The van der Waals surface area contributed by atoms with Crippen molar-refractivity contribution in [2.45, 2.75) is 69.7 Å². The lowest BCUT2D eigenvalue weighted by Gasteiger charge is -2.26. The van der Waals surface area contributed by atoms with Gasteiger partial charge in [-0.1, -0.05) is 43.2 Å². The fourth-order valence-electron chi connectivity index (χ4n) is 3.69. The van der Waals surface area contributed by atoms with Gasteiger partial charge in [-0.25, -0.2) is 4.98 Å². The Labute approximate surface area is 176 Å². The van der Waals surface area contributed by atoms with Gasteiger partial charge in [-0.15, -0.1) is 0 Å². The maximum absolute atomic E-state index is 13.2. The lowest BCUT2D eigenvalue weighted by atomic mass is 9.95. The lowest BCUT2D eigenvalue weighted by Crippen LogP contribution is -2.30. The molecule has 6 nitrogen and oxygen atoms in total. The molecule has 1 amide bonds. The van der Waals surface area contributed by atoms with Crippen molar-refractivity contribution in [1.82, 2.24) is 14.9 Å². The van der Waals surface area contributed by atoms with Gasteiger partial charge in [0.05, 0.1) is 22.8 Å². The predicted molar refractivity (Wildman–Crippen MR) is 118 cm³/mol. The number of rotatable bonds is 9. The van der Waals surface area contributed by atoms with Gasteiger partial charge in [-0.3, -0.25) is 14.2 Å². The summed E-state index contributed by atoms with van der Waals surface area (Å²) in [6.07, 6.45) is 6.47. The molecule has 1 N–H and O–H groups in total. The molecule has 1 aromatic heterocycles. The van der Waals surface area contributed by atoms with Crippen LogP contribution in [0.5, 0.6) is 0 Å². The average molecular weight is 418 g/mol. The van der Waals surface area contributed by atoms with E-state index < -0.39 is 0 Å². The molecule has 1 saturated carbocycles. The van der Waals surface area contributed by atoms with E-state index in [-0.39, 0.29) is 29.4 Å². The first kappa shape index (κ1) is 21.8. The van der Waals surface area contributed by atoms with Gasteiger partial charge in [0.1, 0.15) is 0 Å². The summed E-state index contributed by atoms with van der Waals surface area (Å²) < 4.78 is 7.33. The topological polar surface area (TPSA) is 73.2 Å². The van der Waals surface area contributed by atoms with Crippen molar-refractivity contribution in [2.75, 3.05) is 18.9 Å². The van der Waals surface area contributed by atoms with Gasteiger partial charge < -0.3 is 10.1 Å². The van der Waals surface area contributed by atoms with Gasteiger partial charge in [0.25, 0.3) is 5.56 Å². The van der Waals surface area contributed by atoms with Crippen molar-refractivity contribution >= 4 is 28.6 Å². The van der Waals surface area contributed by atoms with Crippen LogP contribution < -0.4 is 10.9 Å². The highest BCUT2D eigenvalue weighted by Gasteiger charge is 2.22. The molecule has 0 radical (unpaired) electrons. The molecule has 1 heterocycles. The minimum absolute atomic E-state index is 0.0104. The summed E-state index contributed by atoms with van der Waals surface area (Å²) in [7, 11) is 0. The number of nitrogens with zero attached hydrogens (tertiary/aromatic N) is 2. The number of nitrogens with one attached hydrogen (secondary N) is 1. The minimum Gasteiger partial charge on any atom is -0.379 e. The first-order valence-electron chi connectivity index (χ1n) is 10.6. The Morgan fingerprint density at radius 1 is 1.28 bits per heavy atom. The second-order valence-corrected chi connectivity index (χ2v) is 8.73. The van der Waals surface area contributed by atoms with E-state index in [9.17, 15) is 9.59 Å². The number of carbonyl (C=O) groups excluding carboxylic acids is 1. The number of amides is 1. The second-order valence-electron chi connectivity index (χ2n) is 7.79. The molecular weight excluding hydrogens is 386 g/mol.